The van der Waals surface area contributed by atoms with Gasteiger partial charge in [0.2, 0.25) is 0 Å². The van der Waals surface area contributed by atoms with Crippen molar-refractivity contribution >= 4 is 45.5 Å². The van der Waals surface area contributed by atoms with Gasteiger partial charge >= 0.3 is 45.5 Å². The maximum atomic E-state index is 2.32. The van der Waals surface area contributed by atoms with E-state index in [9.17, 15) is 0 Å². The Hall–Kier alpha value is 1.48. The Bertz CT molecular complexity index is 97.4. The Morgan fingerprint density at radius 1 is 0.750 bits per heavy atom. The van der Waals surface area contributed by atoms with Crippen LogP contribution in [0.15, 0.2) is 0 Å². The molecule has 1 heteroatoms. The van der Waals surface area contributed by atoms with Gasteiger partial charge in [0.05, 0.1) is 0 Å². The summed E-state index contributed by atoms with van der Waals surface area (Å²) in [5.41, 5.74) is 1.04. The summed E-state index contributed by atoms with van der Waals surface area (Å²) >= 11 is 0. The molecule has 0 nitrogen and oxygen atoms in total. The van der Waals surface area contributed by atoms with Gasteiger partial charge in [-0.25, -0.2) is 0 Å². The third-order valence-electron chi connectivity index (χ3n) is 1.85. The Balaban J connectivity index is -0.000000167. The molecule has 0 unspecified atom stereocenters. The molecule has 0 aliphatic heterocycles. The van der Waals surface area contributed by atoms with Crippen LogP contribution in [-0.2, 0) is 0 Å². The average molecular weight is 246 g/mol. The molecule has 0 spiro atoms. The van der Waals surface area contributed by atoms with Crippen molar-refractivity contribution in [1.29, 1.82) is 0 Å². The first-order valence-corrected chi connectivity index (χ1v) is 4.71. The molecule has 0 atom stereocenters. The first kappa shape index (κ1) is 15.9. The molecule has 0 aromatic heterocycles. The summed E-state index contributed by atoms with van der Waals surface area (Å²) in [5, 5.41) is 0. The normalized spacial score (nSPS) is 12.5. The van der Waals surface area contributed by atoms with E-state index < -0.39 is 0 Å². The van der Waals surface area contributed by atoms with Gasteiger partial charge in [0, 0.05) is 0 Å². The van der Waals surface area contributed by atoms with Gasteiger partial charge in [-0.3, -0.25) is 0 Å². The molecule has 0 bridgehead atoms. The molecular formula is C11H26Sr. The van der Waals surface area contributed by atoms with Crippen LogP contribution >= 0.6 is 0 Å². The smallest absolute Gasteiger partial charge is 1.00 e. The monoisotopic (exact) mass is 246 g/mol. The standard InChI is InChI=1S/C11H24.Sr.2H/c1-10(2,3)8-7-9-11(4,5)6;;;/h7-9H2,1-6H3;;;/q;+2;2*-1. The van der Waals surface area contributed by atoms with E-state index in [1.165, 1.54) is 19.3 Å². The van der Waals surface area contributed by atoms with Crippen molar-refractivity contribution < 1.29 is 2.85 Å². The van der Waals surface area contributed by atoms with Crippen molar-refractivity contribution in [2.24, 2.45) is 10.8 Å². The van der Waals surface area contributed by atoms with Crippen LogP contribution in [0.2, 0.25) is 0 Å². The quantitative estimate of drug-likeness (QED) is 0.643. The summed E-state index contributed by atoms with van der Waals surface area (Å²) in [6.45, 7) is 13.9. The van der Waals surface area contributed by atoms with E-state index in [0.29, 0.717) is 10.8 Å². The van der Waals surface area contributed by atoms with Crippen LogP contribution in [0.1, 0.15) is 63.7 Å². The van der Waals surface area contributed by atoms with Gasteiger partial charge in [-0.05, 0) is 23.7 Å². The second-order valence-electron chi connectivity index (χ2n) is 5.97. The Morgan fingerprint density at radius 3 is 1.17 bits per heavy atom. The summed E-state index contributed by atoms with van der Waals surface area (Å²) < 4.78 is 0. The molecule has 0 aromatic rings. The van der Waals surface area contributed by atoms with Crippen LogP contribution < -0.4 is 0 Å². The van der Waals surface area contributed by atoms with Gasteiger partial charge in [0.1, 0.15) is 0 Å². The Kier molecular flexibility index (Phi) is 8.04. The zero-order valence-electron chi connectivity index (χ0n) is 11.8. The summed E-state index contributed by atoms with van der Waals surface area (Å²) in [6, 6.07) is 0. The third kappa shape index (κ3) is 14.0. The second kappa shape index (κ2) is 6.06. The van der Waals surface area contributed by atoms with Crippen LogP contribution in [0.25, 0.3) is 0 Å². The molecule has 0 heterocycles. The minimum atomic E-state index is 0. The van der Waals surface area contributed by atoms with E-state index in [1.807, 2.05) is 0 Å². The Morgan fingerprint density at radius 2 is 1.00 bits per heavy atom. The molecule has 0 aliphatic rings. The van der Waals surface area contributed by atoms with Crippen molar-refractivity contribution in [1.82, 2.24) is 0 Å². The minimum absolute atomic E-state index is 0. The molecule has 12 heavy (non-hydrogen) atoms. The first-order chi connectivity index (χ1) is 4.71. The van der Waals surface area contributed by atoms with E-state index in [-0.39, 0.29) is 48.3 Å². The van der Waals surface area contributed by atoms with Crippen molar-refractivity contribution in [3.63, 3.8) is 0 Å². The first-order valence-electron chi connectivity index (χ1n) is 4.71. The summed E-state index contributed by atoms with van der Waals surface area (Å²) in [5.74, 6) is 0. The minimum Gasteiger partial charge on any atom is -1.00 e. The van der Waals surface area contributed by atoms with Gasteiger partial charge in [-0.1, -0.05) is 48.0 Å². The zero-order valence-corrected chi connectivity index (χ0v) is 13.3. The molecule has 0 N–H and O–H groups in total. The van der Waals surface area contributed by atoms with Crippen LogP contribution in [-0.4, -0.2) is 45.5 Å². The fraction of sp³-hybridized carbons (Fsp3) is 1.00. The van der Waals surface area contributed by atoms with Crippen LogP contribution in [0, 0.1) is 10.8 Å². The van der Waals surface area contributed by atoms with Crippen molar-refractivity contribution in [2.45, 2.75) is 60.8 Å². The molecule has 0 amide bonds. The van der Waals surface area contributed by atoms with Crippen LogP contribution in [0.4, 0.5) is 0 Å². The predicted molar refractivity (Wildman–Crippen MR) is 60.7 cm³/mol. The van der Waals surface area contributed by atoms with Crippen molar-refractivity contribution in [3.05, 3.63) is 0 Å². The van der Waals surface area contributed by atoms with Crippen molar-refractivity contribution in [2.75, 3.05) is 0 Å². The molecular weight excluding hydrogens is 220 g/mol. The molecule has 72 valence electrons. The van der Waals surface area contributed by atoms with Gasteiger partial charge in [-0.15, -0.1) is 0 Å². The molecule has 0 saturated carbocycles. The third-order valence-corrected chi connectivity index (χ3v) is 1.85. The Labute approximate surface area is 119 Å². The second-order valence-corrected chi connectivity index (χ2v) is 5.97. The maximum Gasteiger partial charge on any atom is 2.00 e. The van der Waals surface area contributed by atoms with Gasteiger partial charge < -0.3 is 2.85 Å². The fourth-order valence-corrected chi connectivity index (χ4v) is 1.15. The zero-order chi connectivity index (χ0) is 9.12. The van der Waals surface area contributed by atoms with Gasteiger partial charge in [-0.2, -0.15) is 0 Å². The maximum absolute atomic E-state index is 2.32. The van der Waals surface area contributed by atoms with E-state index in [0.717, 1.165) is 0 Å². The molecule has 0 aromatic carbocycles. The number of rotatable bonds is 2. The summed E-state index contributed by atoms with van der Waals surface area (Å²) in [4.78, 5) is 0. The van der Waals surface area contributed by atoms with E-state index in [1.54, 1.807) is 0 Å². The molecule has 0 saturated heterocycles. The summed E-state index contributed by atoms with van der Waals surface area (Å²) in [6.07, 6.45) is 4.07. The van der Waals surface area contributed by atoms with Crippen molar-refractivity contribution in [3.8, 4) is 0 Å². The predicted octanol–water partition coefficient (Wildman–Crippen LogP) is 4.09. The average Bonchev–Trinajstić information content (AvgIpc) is 1.55. The topological polar surface area (TPSA) is 0 Å². The molecule has 0 rings (SSSR count). The SMILES string of the molecule is CC(C)(C)CCCC(C)(C)C.[H-].[H-].[Sr+2]. The van der Waals surface area contributed by atoms with Crippen LogP contribution in [0.3, 0.4) is 0 Å². The van der Waals surface area contributed by atoms with E-state index in [4.69, 9.17) is 0 Å². The summed E-state index contributed by atoms with van der Waals surface area (Å²) in [7, 11) is 0. The number of hydrogen-bond acceptors (Lipinski definition) is 0. The van der Waals surface area contributed by atoms with Gasteiger partial charge in [0.25, 0.3) is 0 Å². The molecule has 0 fully saturated rings. The number of hydrogen-bond donors (Lipinski definition) is 0. The fourth-order valence-electron chi connectivity index (χ4n) is 1.15. The van der Waals surface area contributed by atoms with Crippen LogP contribution in [0.5, 0.6) is 0 Å². The molecule has 0 radical (unpaired) electrons. The van der Waals surface area contributed by atoms with E-state index in [2.05, 4.69) is 41.5 Å². The largest absolute Gasteiger partial charge is 2.00 e. The van der Waals surface area contributed by atoms with E-state index >= 15 is 0 Å². The molecule has 0 aliphatic carbocycles. The van der Waals surface area contributed by atoms with Gasteiger partial charge in [0.15, 0.2) is 0 Å².